The number of nitrogens with two attached hydrogens (primary N) is 1. The number of aromatic nitrogens is 2. The second-order valence-corrected chi connectivity index (χ2v) is 5.34. The first-order valence-electron chi connectivity index (χ1n) is 7.02. The number of rotatable bonds is 6. The summed E-state index contributed by atoms with van der Waals surface area (Å²) in [5.41, 5.74) is 7.91. The first-order valence-corrected chi connectivity index (χ1v) is 7.02. The summed E-state index contributed by atoms with van der Waals surface area (Å²) in [6.45, 7) is 5.35. The topological polar surface area (TPSA) is 72.9 Å². The lowest BCUT2D eigenvalue weighted by molar-refractivity contribution is -0.123. The van der Waals surface area contributed by atoms with Gasteiger partial charge in [0.05, 0.1) is 23.4 Å². The van der Waals surface area contributed by atoms with Crippen molar-refractivity contribution in [3.05, 3.63) is 30.6 Å². The van der Waals surface area contributed by atoms with Crippen molar-refractivity contribution in [1.82, 2.24) is 14.9 Å². The summed E-state index contributed by atoms with van der Waals surface area (Å²) in [6.07, 6.45) is 2.70. The number of nitrogens with zero attached hydrogens (tertiary/aromatic N) is 2. The van der Waals surface area contributed by atoms with Crippen molar-refractivity contribution >= 4 is 16.9 Å². The molecule has 1 unspecified atom stereocenters. The van der Waals surface area contributed by atoms with E-state index in [0.29, 0.717) is 6.54 Å². The average molecular weight is 274 g/mol. The minimum atomic E-state index is -0.427. The molecule has 2 aromatic rings. The van der Waals surface area contributed by atoms with E-state index in [1.165, 1.54) is 0 Å². The highest BCUT2D eigenvalue weighted by atomic mass is 16.2. The first-order chi connectivity index (χ1) is 9.59. The minimum Gasteiger partial charge on any atom is -0.355 e. The zero-order valence-electron chi connectivity index (χ0n) is 12.0. The number of aryl methyl sites for hydroxylation is 1. The molecule has 0 spiro atoms. The number of benzene rings is 1. The number of amides is 1. The van der Waals surface area contributed by atoms with Gasteiger partial charge in [0, 0.05) is 13.1 Å². The van der Waals surface area contributed by atoms with E-state index >= 15 is 0 Å². The molecule has 1 aromatic carbocycles. The summed E-state index contributed by atoms with van der Waals surface area (Å²) < 4.78 is 2.10. The maximum atomic E-state index is 11.7. The van der Waals surface area contributed by atoms with Crippen LogP contribution >= 0.6 is 0 Å². The van der Waals surface area contributed by atoms with Gasteiger partial charge in [-0.15, -0.1) is 0 Å². The Labute approximate surface area is 119 Å². The highest BCUT2D eigenvalue weighted by Gasteiger charge is 2.16. The number of nitrogens with one attached hydrogen (secondary N) is 1. The van der Waals surface area contributed by atoms with Gasteiger partial charge in [0.25, 0.3) is 0 Å². The van der Waals surface area contributed by atoms with Gasteiger partial charge >= 0.3 is 0 Å². The highest BCUT2D eigenvalue weighted by molar-refractivity contribution is 5.81. The van der Waals surface area contributed by atoms with Crippen LogP contribution < -0.4 is 11.1 Å². The Hall–Kier alpha value is -1.88. The van der Waals surface area contributed by atoms with Gasteiger partial charge in [-0.05, 0) is 24.5 Å². The molecule has 20 heavy (non-hydrogen) atoms. The first kappa shape index (κ1) is 14.5. The van der Waals surface area contributed by atoms with Gasteiger partial charge in [0.15, 0.2) is 0 Å². The molecule has 108 valence electrons. The standard InChI is InChI=1S/C15H22N4O/c1-11(2)14(16)15(20)17-8-5-9-19-10-18-12-6-3-4-7-13(12)19/h3-4,6-7,10-11,14H,5,8-9,16H2,1-2H3,(H,17,20). The van der Waals surface area contributed by atoms with Crippen molar-refractivity contribution in [2.24, 2.45) is 11.7 Å². The lowest BCUT2D eigenvalue weighted by Gasteiger charge is -2.15. The Morgan fingerprint density at radius 2 is 2.15 bits per heavy atom. The molecular formula is C15H22N4O. The van der Waals surface area contributed by atoms with Gasteiger partial charge in [-0.3, -0.25) is 4.79 Å². The molecule has 1 atom stereocenters. The van der Waals surface area contributed by atoms with Crippen LogP contribution in [0.25, 0.3) is 11.0 Å². The molecule has 5 nitrogen and oxygen atoms in total. The second-order valence-electron chi connectivity index (χ2n) is 5.34. The molecule has 0 radical (unpaired) electrons. The summed E-state index contributed by atoms with van der Waals surface area (Å²) in [4.78, 5) is 16.0. The summed E-state index contributed by atoms with van der Waals surface area (Å²) in [7, 11) is 0. The van der Waals surface area contributed by atoms with Crippen LogP contribution in [0.5, 0.6) is 0 Å². The molecule has 1 heterocycles. The van der Waals surface area contributed by atoms with Crippen LogP contribution in [0, 0.1) is 5.92 Å². The maximum absolute atomic E-state index is 11.7. The Morgan fingerprint density at radius 1 is 1.40 bits per heavy atom. The van der Waals surface area contributed by atoms with Gasteiger partial charge in [0.1, 0.15) is 0 Å². The van der Waals surface area contributed by atoms with E-state index < -0.39 is 6.04 Å². The predicted octanol–water partition coefficient (Wildman–Crippen LogP) is 1.53. The van der Waals surface area contributed by atoms with E-state index in [1.807, 2.05) is 38.4 Å². The fourth-order valence-electron chi connectivity index (χ4n) is 2.07. The normalized spacial score (nSPS) is 12.8. The lowest BCUT2D eigenvalue weighted by atomic mass is 10.1. The summed E-state index contributed by atoms with van der Waals surface area (Å²) in [5.74, 6) is 0.0862. The van der Waals surface area contributed by atoms with Crippen molar-refractivity contribution in [3.8, 4) is 0 Å². The SMILES string of the molecule is CC(C)C(N)C(=O)NCCCn1cnc2ccccc21. The highest BCUT2D eigenvalue weighted by Crippen LogP contribution is 2.11. The fraction of sp³-hybridized carbons (Fsp3) is 0.467. The van der Waals surface area contributed by atoms with Crippen LogP contribution in [-0.4, -0.2) is 28.0 Å². The number of imidazole rings is 1. The van der Waals surface area contributed by atoms with Gasteiger partial charge in [0.2, 0.25) is 5.91 Å². The molecule has 0 aliphatic rings. The van der Waals surface area contributed by atoms with Crippen molar-refractivity contribution in [2.75, 3.05) is 6.54 Å². The smallest absolute Gasteiger partial charge is 0.237 e. The van der Waals surface area contributed by atoms with Gasteiger partial charge in [-0.2, -0.15) is 0 Å². The number of carbonyl (C=O) groups is 1. The Morgan fingerprint density at radius 3 is 2.90 bits per heavy atom. The van der Waals surface area contributed by atoms with Crippen LogP contribution in [0.15, 0.2) is 30.6 Å². The molecule has 5 heteroatoms. The number of fused-ring (bicyclic) bond motifs is 1. The van der Waals surface area contributed by atoms with E-state index in [1.54, 1.807) is 0 Å². The molecule has 2 rings (SSSR count). The molecule has 0 bridgehead atoms. The predicted molar refractivity (Wildman–Crippen MR) is 80.2 cm³/mol. The number of hydrogen-bond acceptors (Lipinski definition) is 3. The number of carbonyl (C=O) groups excluding carboxylic acids is 1. The Bertz CT molecular complexity index is 576. The van der Waals surface area contributed by atoms with Crippen LogP contribution in [-0.2, 0) is 11.3 Å². The fourth-order valence-corrected chi connectivity index (χ4v) is 2.07. The van der Waals surface area contributed by atoms with Crippen LogP contribution in [0.1, 0.15) is 20.3 Å². The maximum Gasteiger partial charge on any atom is 0.237 e. The van der Waals surface area contributed by atoms with Crippen LogP contribution in [0.2, 0.25) is 0 Å². The summed E-state index contributed by atoms with van der Waals surface area (Å²) in [6, 6.07) is 7.60. The van der Waals surface area contributed by atoms with Crippen LogP contribution in [0.4, 0.5) is 0 Å². The van der Waals surface area contributed by atoms with Crippen molar-refractivity contribution < 1.29 is 4.79 Å². The van der Waals surface area contributed by atoms with Gasteiger partial charge in [-0.1, -0.05) is 26.0 Å². The quantitative estimate of drug-likeness (QED) is 0.785. The molecule has 0 aliphatic carbocycles. The minimum absolute atomic E-state index is 0.0736. The third-order valence-corrected chi connectivity index (χ3v) is 3.42. The number of para-hydroxylation sites is 2. The third-order valence-electron chi connectivity index (χ3n) is 3.42. The van der Waals surface area contributed by atoms with Gasteiger partial charge < -0.3 is 15.6 Å². The Balaban J connectivity index is 1.80. The molecule has 0 fully saturated rings. The van der Waals surface area contributed by atoms with Crippen LogP contribution in [0.3, 0.4) is 0 Å². The van der Waals surface area contributed by atoms with Gasteiger partial charge in [-0.25, -0.2) is 4.98 Å². The largest absolute Gasteiger partial charge is 0.355 e. The molecule has 0 aliphatic heterocycles. The Kier molecular flexibility index (Phi) is 4.74. The van der Waals surface area contributed by atoms with E-state index in [9.17, 15) is 4.79 Å². The monoisotopic (exact) mass is 274 g/mol. The zero-order valence-corrected chi connectivity index (χ0v) is 12.0. The average Bonchev–Trinajstić information content (AvgIpc) is 2.85. The lowest BCUT2D eigenvalue weighted by Crippen LogP contribution is -2.44. The van der Waals surface area contributed by atoms with E-state index in [4.69, 9.17) is 5.73 Å². The zero-order chi connectivity index (χ0) is 14.5. The van der Waals surface area contributed by atoms with E-state index in [0.717, 1.165) is 24.0 Å². The summed E-state index contributed by atoms with van der Waals surface area (Å²) in [5, 5.41) is 2.88. The molecular weight excluding hydrogens is 252 g/mol. The number of hydrogen-bond donors (Lipinski definition) is 2. The molecule has 1 amide bonds. The molecule has 3 N–H and O–H groups in total. The summed E-state index contributed by atoms with van der Waals surface area (Å²) >= 11 is 0. The third kappa shape index (κ3) is 3.36. The molecule has 0 saturated heterocycles. The molecule has 0 saturated carbocycles. The molecule has 1 aromatic heterocycles. The van der Waals surface area contributed by atoms with E-state index in [-0.39, 0.29) is 11.8 Å². The van der Waals surface area contributed by atoms with E-state index in [2.05, 4.69) is 20.9 Å². The van der Waals surface area contributed by atoms with Crippen molar-refractivity contribution in [2.45, 2.75) is 32.9 Å². The van der Waals surface area contributed by atoms with Crippen molar-refractivity contribution in [3.63, 3.8) is 0 Å². The second kappa shape index (κ2) is 6.52. The van der Waals surface area contributed by atoms with Crippen molar-refractivity contribution in [1.29, 1.82) is 0 Å².